The third-order valence-electron chi connectivity index (χ3n) is 4.87. The molecule has 1 N–H and O–H groups in total. The maximum atomic E-state index is 13.3. The lowest BCUT2D eigenvalue weighted by atomic mass is 9.89. The van der Waals surface area contributed by atoms with Crippen LogP contribution in [-0.2, 0) is 16.0 Å². The molecule has 0 saturated heterocycles. The van der Waals surface area contributed by atoms with E-state index in [1.807, 2.05) is 29.6 Å². The Morgan fingerprint density at radius 2 is 1.89 bits per heavy atom. The number of amides is 1. The predicted molar refractivity (Wildman–Crippen MR) is 105 cm³/mol. The van der Waals surface area contributed by atoms with Gasteiger partial charge in [-0.05, 0) is 47.7 Å². The fourth-order valence-corrected chi connectivity index (χ4v) is 4.18. The Balaban J connectivity index is 1.63. The second-order valence-corrected chi connectivity index (χ2v) is 7.91. The second kappa shape index (κ2) is 7.20. The van der Waals surface area contributed by atoms with Gasteiger partial charge in [-0.15, -0.1) is 11.3 Å². The zero-order valence-electron chi connectivity index (χ0n) is 15.1. The first-order valence-electron chi connectivity index (χ1n) is 8.87. The molecule has 0 unspecified atom stereocenters. The first-order valence-corrected chi connectivity index (χ1v) is 9.75. The number of ether oxygens (including phenoxy) is 1. The minimum absolute atomic E-state index is 0.293. The smallest absolute Gasteiger partial charge is 0.339 e. The lowest BCUT2D eigenvalue weighted by molar-refractivity contribution is -0.140. The minimum atomic E-state index is -1.32. The highest BCUT2D eigenvalue weighted by Gasteiger charge is 2.43. The number of rotatable bonds is 4. The van der Waals surface area contributed by atoms with Crippen molar-refractivity contribution < 1.29 is 18.7 Å². The SMILES string of the molecule is C[C@@]1(C(=O)N[C@H](c2ccc(F)cc2)c2cccs2)Cc2ccccc2C(=O)O1. The van der Waals surface area contributed by atoms with Crippen LogP contribution in [0.15, 0.2) is 66.0 Å². The normalized spacial score (nSPS) is 19.4. The lowest BCUT2D eigenvalue weighted by Gasteiger charge is -2.34. The number of carbonyl (C=O) groups is 2. The van der Waals surface area contributed by atoms with Gasteiger partial charge in [-0.25, -0.2) is 9.18 Å². The van der Waals surface area contributed by atoms with Crippen molar-refractivity contribution in [3.8, 4) is 0 Å². The number of hydrogen-bond acceptors (Lipinski definition) is 4. The van der Waals surface area contributed by atoms with Gasteiger partial charge in [0.05, 0.1) is 11.6 Å². The largest absolute Gasteiger partial charge is 0.445 e. The van der Waals surface area contributed by atoms with Crippen LogP contribution in [0, 0.1) is 5.82 Å². The Kier molecular flexibility index (Phi) is 4.73. The van der Waals surface area contributed by atoms with Crippen LogP contribution in [0.2, 0.25) is 0 Å². The standard InChI is InChI=1S/C22H18FNO3S/c1-22(13-15-5-2-3-6-17(15)20(25)27-22)21(26)24-19(18-7-4-12-28-18)14-8-10-16(23)11-9-14/h2-12,19H,13H2,1H3,(H,24,26)/t19-,22+/m1/s1. The zero-order valence-corrected chi connectivity index (χ0v) is 16.0. The molecular weight excluding hydrogens is 377 g/mol. The van der Waals surface area contributed by atoms with Gasteiger partial charge in [-0.1, -0.05) is 36.4 Å². The molecule has 4 rings (SSSR count). The maximum Gasteiger partial charge on any atom is 0.339 e. The topological polar surface area (TPSA) is 55.4 Å². The summed E-state index contributed by atoms with van der Waals surface area (Å²) in [5.41, 5.74) is 0.705. The Morgan fingerprint density at radius 3 is 2.61 bits per heavy atom. The number of hydrogen-bond donors (Lipinski definition) is 1. The molecule has 0 aliphatic carbocycles. The molecule has 3 aromatic rings. The maximum absolute atomic E-state index is 13.3. The number of nitrogens with one attached hydrogen (secondary N) is 1. The van der Waals surface area contributed by atoms with Gasteiger partial charge in [-0.3, -0.25) is 4.79 Å². The summed E-state index contributed by atoms with van der Waals surface area (Å²) in [5.74, 6) is -1.24. The van der Waals surface area contributed by atoms with Crippen LogP contribution in [0.4, 0.5) is 4.39 Å². The fraction of sp³-hybridized carbons (Fsp3) is 0.182. The molecule has 0 radical (unpaired) electrons. The van der Waals surface area contributed by atoms with Gasteiger partial charge >= 0.3 is 5.97 Å². The Morgan fingerprint density at radius 1 is 1.14 bits per heavy atom. The summed E-state index contributed by atoms with van der Waals surface area (Å²) in [6, 6.07) is 16.5. The molecular formula is C22H18FNO3S. The number of halogens is 1. The van der Waals surface area contributed by atoms with Crippen molar-refractivity contribution >= 4 is 23.2 Å². The molecule has 2 heterocycles. The molecule has 0 fully saturated rings. The first-order chi connectivity index (χ1) is 13.5. The fourth-order valence-electron chi connectivity index (χ4n) is 3.37. The van der Waals surface area contributed by atoms with E-state index >= 15 is 0 Å². The van der Waals surface area contributed by atoms with Gasteiger partial charge in [0.15, 0.2) is 5.60 Å². The molecule has 1 aliphatic heterocycles. The molecule has 0 bridgehead atoms. The van der Waals surface area contributed by atoms with Gasteiger partial charge in [0.2, 0.25) is 0 Å². The lowest BCUT2D eigenvalue weighted by Crippen LogP contribution is -2.52. The monoisotopic (exact) mass is 395 g/mol. The minimum Gasteiger partial charge on any atom is -0.445 e. The summed E-state index contributed by atoms with van der Waals surface area (Å²) in [4.78, 5) is 26.5. The van der Waals surface area contributed by atoms with Crippen molar-refractivity contribution in [1.29, 1.82) is 0 Å². The molecule has 0 spiro atoms. The van der Waals surface area contributed by atoms with Gasteiger partial charge in [0.1, 0.15) is 5.82 Å². The van der Waals surface area contributed by atoms with E-state index in [0.717, 1.165) is 16.0 Å². The van der Waals surface area contributed by atoms with Crippen molar-refractivity contribution in [2.45, 2.75) is 25.0 Å². The van der Waals surface area contributed by atoms with Crippen LogP contribution in [0.25, 0.3) is 0 Å². The number of thiophene rings is 1. The quantitative estimate of drug-likeness (QED) is 0.672. The summed E-state index contributed by atoms with van der Waals surface area (Å²) in [6.07, 6.45) is 0.293. The second-order valence-electron chi connectivity index (χ2n) is 6.93. The number of esters is 1. The molecule has 142 valence electrons. The van der Waals surface area contributed by atoms with Crippen LogP contribution in [-0.4, -0.2) is 17.5 Å². The number of benzene rings is 2. The van der Waals surface area contributed by atoms with E-state index in [4.69, 9.17) is 4.74 Å². The third kappa shape index (κ3) is 3.43. The van der Waals surface area contributed by atoms with Crippen LogP contribution >= 0.6 is 11.3 Å². The van der Waals surface area contributed by atoms with Gasteiger partial charge in [0, 0.05) is 11.3 Å². The average molecular weight is 395 g/mol. The molecule has 28 heavy (non-hydrogen) atoms. The van der Waals surface area contributed by atoms with Gasteiger partial charge < -0.3 is 10.1 Å². The van der Waals surface area contributed by atoms with Crippen molar-refractivity contribution in [2.75, 3.05) is 0 Å². The highest BCUT2D eigenvalue weighted by atomic mass is 32.1. The summed E-state index contributed by atoms with van der Waals surface area (Å²) in [7, 11) is 0. The molecule has 1 aliphatic rings. The summed E-state index contributed by atoms with van der Waals surface area (Å²) in [5, 5.41) is 4.90. The van der Waals surface area contributed by atoms with Crippen molar-refractivity contribution in [2.24, 2.45) is 0 Å². The van der Waals surface area contributed by atoms with E-state index in [1.165, 1.54) is 23.5 Å². The van der Waals surface area contributed by atoms with E-state index in [-0.39, 0.29) is 5.82 Å². The molecule has 1 amide bonds. The number of cyclic esters (lactones) is 1. The molecule has 1 aromatic heterocycles. The van der Waals surface area contributed by atoms with Crippen molar-refractivity contribution in [3.05, 3.63) is 93.4 Å². The molecule has 6 heteroatoms. The zero-order chi connectivity index (χ0) is 19.7. The van der Waals surface area contributed by atoms with Crippen LogP contribution < -0.4 is 5.32 Å². The van der Waals surface area contributed by atoms with Crippen molar-refractivity contribution in [1.82, 2.24) is 5.32 Å². The molecule has 2 aromatic carbocycles. The van der Waals surface area contributed by atoms with E-state index in [1.54, 1.807) is 31.2 Å². The average Bonchev–Trinajstić information content (AvgIpc) is 3.21. The van der Waals surface area contributed by atoms with Crippen LogP contribution in [0.1, 0.15) is 39.3 Å². The van der Waals surface area contributed by atoms with E-state index in [2.05, 4.69) is 5.32 Å². The van der Waals surface area contributed by atoms with Crippen LogP contribution in [0.5, 0.6) is 0 Å². The highest BCUT2D eigenvalue weighted by Crippen LogP contribution is 2.31. The molecule has 0 saturated carbocycles. The summed E-state index contributed by atoms with van der Waals surface area (Å²) >= 11 is 1.49. The van der Waals surface area contributed by atoms with E-state index < -0.39 is 23.5 Å². The van der Waals surface area contributed by atoms with E-state index in [9.17, 15) is 14.0 Å². The van der Waals surface area contributed by atoms with Crippen molar-refractivity contribution in [3.63, 3.8) is 0 Å². The predicted octanol–water partition coefficient (Wildman–Crippen LogP) is 4.26. The summed E-state index contributed by atoms with van der Waals surface area (Å²) < 4.78 is 18.9. The third-order valence-corrected chi connectivity index (χ3v) is 5.81. The Bertz CT molecular complexity index is 1020. The first kappa shape index (κ1) is 18.4. The van der Waals surface area contributed by atoms with Gasteiger partial charge in [-0.2, -0.15) is 0 Å². The Hall–Kier alpha value is -2.99. The van der Waals surface area contributed by atoms with E-state index in [0.29, 0.717) is 12.0 Å². The number of fused-ring (bicyclic) bond motifs is 1. The highest BCUT2D eigenvalue weighted by molar-refractivity contribution is 7.10. The molecule has 2 atom stereocenters. The molecule has 4 nitrogen and oxygen atoms in total. The summed E-state index contributed by atoms with van der Waals surface area (Å²) in [6.45, 7) is 1.62. The number of carbonyl (C=O) groups excluding carboxylic acids is 2. The van der Waals surface area contributed by atoms with Crippen LogP contribution in [0.3, 0.4) is 0 Å². The van der Waals surface area contributed by atoms with Gasteiger partial charge in [0.25, 0.3) is 5.91 Å². The Labute approximate surface area is 166 Å².